The fourth-order valence-corrected chi connectivity index (χ4v) is 7.02. The lowest BCUT2D eigenvalue weighted by atomic mass is 9.84. The van der Waals surface area contributed by atoms with Crippen LogP contribution in [0.3, 0.4) is 0 Å². The van der Waals surface area contributed by atoms with E-state index in [2.05, 4.69) is 169 Å². The van der Waals surface area contributed by atoms with Crippen molar-refractivity contribution in [3.05, 3.63) is 206 Å². The number of benzene rings is 7. The number of aromatic nitrogens is 1. The highest BCUT2D eigenvalue weighted by Gasteiger charge is 2.18. The molecule has 0 radical (unpaired) electrons. The third-order valence-electron chi connectivity index (χ3n) is 9.45. The lowest BCUT2D eigenvalue weighted by Crippen LogP contribution is -1.94. The predicted octanol–water partition coefficient (Wildman–Crippen LogP) is 12.2. The molecule has 0 amide bonds. The number of rotatable bonds is 8. The molecule has 1 heterocycles. The Labute approximate surface area is 293 Å². The summed E-state index contributed by atoms with van der Waals surface area (Å²) in [5.74, 6) is 0. The van der Waals surface area contributed by atoms with E-state index in [-0.39, 0.29) is 0 Å². The highest BCUT2D eigenvalue weighted by atomic mass is 14.7. The monoisotopic (exact) mass is 640 g/mol. The van der Waals surface area contributed by atoms with Crippen molar-refractivity contribution in [2.24, 2.45) is 5.73 Å². The molecule has 50 heavy (non-hydrogen) atoms. The first kappa shape index (κ1) is 30.8. The average molecular weight is 641 g/mol. The van der Waals surface area contributed by atoms with Crippen molar-refractivity contribution >= 4 is 27.1 Å². The minimum atomic E-state index is 0.711. The second-order valence-electron chi connectivity index (χ2n) is 12.5. The third kappa shape index (κ3) is 6.11. The maximum atomic E-state index is 6.02. The van der Waals surface area contributed by atoms with E-state index in [0.717, 1.165) is 16.8 Å². The number of pyridine rings is 1. The molecule has 0 aliphatic heterocycles. The van der Waals surface area contributed by atoms with E-state index in [4.69, 9.17) is 5.73 Å². The van der Waals surface area contributed by atoms with Crippen LogP contribution in [0.4, 0.5) is 0 Å². The second kappa shape index (κ2) is 13.9. The van der Waals surface area contributed by atoms with E-state index in [0.29, 0.717) is 6.42 Å². The van der Waals surface area contributed by atoms with Gasteiger partial charge < -0.3 is 5.73 Å². The van der Waals surface area contributed by atoms with Gasteiger partial charge >= 0.3 is 0 Å². The van der Waals surface area contributed by atoms with Crippen LogP contribution in [0.25, 0.3) is 71.6 Å². The summed E-state index contributed by atoms with van der Waals surface area (Å²) >= 11 is 0. The molecule has 2 heteroatoms. The molecule has 2 N–H and O–H groups in total. The summed E-state index contributed by atoms with van der Waals surface area (Å²) < 4.78 is 0. The van der Waals surface area contributed by atoms with Gasteiger partial charge in [-0.15, -0.1) is 0 Å². The van der Waals surface area contributed by atoms with Crippen LogP contribution in [0.15, 0.2) is 194 Å². The topological polar surface area (TPSA) is 38.9 Å². The fraction of sp³-hybridized carbons (Fsp3) is 0.0208. The normalized spacial score (nSPS) is 11.8. The van der Waals surface area contributed by atoms with Crippen molar-refractivity contribution in [3.8, 4) is 44.5 Å². The van der Waals surface area contributed by atoms with Gasteiger partial charge in [0.2, 0.25) is 0 Å². The molecule has 0 atom stereocenters. The molecule has 0 saturated carbocycles. The van der Waals surface area contributed by atoms with Crippen molar-refractivity contribution in [1.29, 1.82) is 0 Å². The molecule has 0 saturated heterocycles. The van der Waals surface area contributed by atoms with Gasteiger partial charge in [0.1, 0.15) is 0 Å². The van der Waals surface area contributed by atoms with Crippen LogP contribution in [0.5, 0.6) is 0 Å². The summed E-state index contributed by atoms with van der Waals surface area (Å²) in [6.07, 6.45) is 8.38. The molecule has 0 aliphatic carbocycles. The highest BCUT2D eigenvalue weighted by molar-refractivity contribution is 6.21. The molecular weight excluding hydrogens is 605 g/mol. The number of hydrogen-bond acceptors (Lipinski definition) is 2. The first-order valence-electron chi connectivity index (χ1n) is 17.1. The van der Waals surface area contributed by atoms with Crippen molar-refractivity contribution in [3.63, 3.8) is 0 Å². The van der Waals surface area contributed by atoms with Crippen molar-refractivity contribution in [1.82, 2.24) is 4.98 Å². The van der Waals surface area contributed by atoms with Gasteiger partial charge in [0.05, 0.1) is 0 Å². The van der Waals surface area contributed by atoms with Gasteiger partial charge in [-0.25, -0.2) is 0 Å². The molecule has 0 aliphatic rings. The molecule has 238 valence electrons. The first-order chi connectivity index (χ1) is 24.8. The van der Waals surface area contributed by atoms with Crippen LogP contribution in [0.2, 0.25) is 0 Å². The number of nitrogens with two attached hydrogens (primary N) is 1. The van der Waals surface area contributed by atoms with Crippen LogP contribution >= 0.6 is 0 Å². The minimum absolute atomic E-state index is 0.711. The predicted molar refractivity (Wildman–Crippen MR) is 212 cm³/mol. The van der Waals surface area contributed by atoms with Crippen molar-refractivity contribution in [2.45, 2.75) is 6.42 Å². The molecule has 2 nitrogen and oxygen atoms in total. The van der Waals surface area contributed by atoms with Crippen molar-refractivity contribution < 1.29 is 0 Å². The summed E-state index contributed by atoms with van der Waals surface area (Å²) in [4.78, 5) is 4.54. The largest absolute Gasteiger partial charge is 0.405 e. The van der Waals surface area contributed by atoms with Gasteiger partial charge in [-0.05, 0) is 108 Å². The van der Waals surface area contributed by atoms with E-state index >= 15 is 0 Å². The zero-order valence-corrected chi connectivity index (χ0v) is 27.7. The zero-order valence-electron chi connectivity index (χ0n) is 27.7. The molecule has 0 unspecified atom stereocenters. The summed E-state index contributed by atoms with van der Waals surface area (Å²) in [7, 11) is 0. The van der Waals surface area contributed by atoms with Gasteiger partial charge in [-0.1, -0.05) is 158 Å². The molecule has 0 bridgehead atoms. The Morgan fingerprint density at radius 3 is 1.48 bits per heavy atom. The number of hydrogen-bond donors (Lipinski definition) is 1. The number of allylic oxidation sites excluding steroid dienone is 3. The minimum Gasteiger partial charge on any atom is -0.405 e. The van der Waals surface area contributed by atoms with Gasteiger partial charge in [0.15, 0.2) is 0 Å². The smallest absolute Gasteiger partial charge is 0.0441 e. The van der Waals surface area contributed by atoms with Gasteiger partial charge in [0.25, 0.3) is 0 Å². The van der Waals surface area contributed by atoms with E-state index in [1.54, 1.807) is 6.20 Å². The van der Waals surface area contributed by atoms with Gasteiger partial charge in [-0.3, -0.25) is 4.98 Å². The van der Waals surface area contributed by atoms with Gasteiger partial charge in [0, 0.05) is 18.3 Å². The Hall–Kier alpha value is -6.51. The lowest BCUT2D eigenvalue weighted by molar-refractivity contribution is 1.11. The SMILES string of the molecule is N/C=C\C(=C/Cc1ccccn1)c1ccc2c(-c3ccc(-c4ccccc4)cc3)c3ccccc3c(-c3ccc(-c4ccccc4)cc3)c2c1. The number of nitrogens with zero attached hydrogens (tertiary/aromatic N) is 1. The molecule has 0 spiro atoms. The maximum absolute atomic E-state index is 6.02. The molecule has 7 aromatic carbocycles. The summed E-state index contributed by atoms with van der Waals surface area (Å²) in [6.45, 7) is 0. The lowest BCUT2D eigenvalue weighted by Gasteiger charge is -2.19. The second-order valence-corrected chi connectivity index (χ2v) is 12.5. The molecule has 8 aromatic rings. The Morgan fingerprint density at radius 1 is 0.460 bits per heavy atom. The van der Waals surface area contributed by atoms with Crippen LogP contribution in [-0.2, 0) is 6.42 Å². The summed E-state index contributed by atoms with van der Waals surface area (Å²) in [5, 5.41) is 4.86. The van der Waals surface area contributed by atoms with Crippen LogP contribution in [-0.4, -0.2) is 4.98 Å². The standard InChI is InChI=1S/C48H36N2/c49-31-30-38(26-28-42-15-9-10-32-50-42)41-27-29-45-46(33-41)48(40-24-20-37(21-25-40)35-13-5-2-6-14-35)44-17-8-7-16-43(44)47(45)39-22-18-36(19-23-39)34-11-3-1-4-12-34/h1-27,29-33H,28,49H2/b31-30-,38-26+. The fourth-order valence-electron chi connectivity index (χ4n) is 7.02. The van der Waals surface area contributed by atoms with E-state index in [1.807, 2.05) is 24.4 Å². The molecule has 1 aromatic heterocycles. The van der Waals surface area contributed by atoms with Gasteiger partial charge in [-0.2, -0.15) is 0 Å². The zero-order chi connectivity index (χ0) is 33.7. The Balaban J connectivity index is 1.35. The Bertz CT molecular complexity index is 2460. The van der Waals surface area contributed by atoms with E-state index < -0.39 is 0 Å². The summed E-state index contributed by atoms with van der Waals surface area (Å²) in [6, 6.07) is 60.8. The van der Waals surface area contributed by atoms with Crippen LogP contribution in [0, 0.1) is 0 Å². The average Bonchev–Trinajstić information content (AvgIpc) is 3.19. The van der Waals surface area contributed by atoms with E-state index in [9.17, 15) is 0 Å². The quantitative estimate of drug-likeness (QED) is 0.133. The third-order valence-corrected chi connectivity index (χ3v) is 9.45. The maximum Gasteiger partial charge on any atom is 0.0441 e. The van der Waals surface area contributed by atoms with Crippen molar-refractivity contribution in [2.75, 3.05) is 0 Å². The molecule has 8 rings (SSSR count). The molecule has 0 fully saturated rings. The van der Waals surface area contributed by atoms with Crippen LogP contribution in [0.1, 0.15) is 11.3 Å². The highest BCUT2D eigenvalue weighted by Crippen LogP contribution is 2.45. The molecular formula is C48H36N2. The van der Waals surface area contributed by atoms with E-state index in [1.165, 1.54) is 66.1 Å². The van der Waals surface area contributed by atoms with Crippen LogP contribution < -0.4 is 5.73 Å². The Morgan fingerprint density at radius 2 is 0.940 bits per heavy atom. The first-order valence-corrected chi connectivity index (χ1v) is 17.1. The Kier molecular flexibility index (Phi) is 8.57. The number of fused-ring (bicyclic) bond motifs is 2. The summed E-state index contributed by atoms with van der Waals surface area (Å²) in [5.41, 5.74) is 18.9.